The Labute approximate surface area is 65.8 Å². The van der Waals surface area contributed by atoms with Crippen LogP contribution < -0.4 is 0 Å². The van der Waals surface area contributed by atoms with Crippen molar-refractivity contribution >= 4 is 16.8 Å². The van der Waals surface area contributed by atoms with Crippen LogP contribution in [0.25, 0.3) is 0 Å². The second-order valence-electron chi connectivity index (χ2n) is 1.75. The fourth-order valence-electron chi connectivity index (χ4n) is 0.599. The van der Waals surface area contributed by atoms with Crippen molar-refractivity contribution in [2.45, 2.75) is 0 Å². The zero-order valence-electron chi connectivity index (χ0n) is 5.14. The summed E-state index contributed by atoms with van der Waals surface area (Å²) in [5.41, 5.74) is -0.762. The van der Waals surface area contributed by atoms with Gasteiger partial charge in [-0.3, -0.25) is 9.78 Å². The zero-order valence-corrected chi connectivity index (χ0v) is 5.90. The number of carbonyl (C=O) groups is 1. The Morgan fingerprint density at radius 3 is 2.09 bits per heavy atom. The van der Waals surface area contributed by atoms with Crippen LogP contribution in [0.1, 0.15) is 10.4 Å². The Kier molecular flexibility index (Phi) is 2.14. The van der Waals surface area contributed by atoms with Crippen LogP contribution in [0.4, 0.5) is 8.78 Å². The van der Waals surface area contributed by atoms with Gasteiger partial charge in [-0.25, -0.2) is 8.78 Å². The predicted molar refractivity (Wildman–Crippen MR) is 34.3 cm³/mol. The van der Waals surface area contributed by atoms with E-state index in [1.807, 2.05) is 0 Å². The highest BCUT2D eigenvalue weighted by atomic mass is 35.5. The molecule has 1 aromatic rings. The average Bonchev–Trinajstić information content (AvgIpc) is 1.85. The summed E-state index contributed by atoms with van der Waals surface area (Å²) in [5, 5.41) is -1.16. The molecule has 0 spiro atoms. The quantitative estimate of drug-likeness (QED) is 0.612. The summed E-state index contributed by atoms with van der Waals surface area (Å²) in [6.45, 7) is 0. The minimum Gasteiger partial charge on any atom is -0.275 e. The summed E-state index contributed by atoms with van der Waals surface area (Å²) < 4.78 is 25.0. The van der Waals surface area contributed by atoms with Gasteiger partial charge in [-0.15, -0.1) is 0 Å². The van der Waals surface area contributed by atoms with E-state index in [-0.39, 0.29) is 0 Å². The normalized spacial score (nSPS) is 9.73. The van der Waals surface area contributed by atoms with Crippen LogP contribution in [-0.4, -0.2) is 10.2 Å². The Hall–Kier alpha value is -1.03. The molecule has 1 aromatic heterocycles. The lowest BCUT2D eigenvalue weighted by Gasteiger charge is -1.95. The van der Waals surface area contributed by atoms with Crippen LogP contribution in [0.15, 0.2) is 12.4 Å². The Morgan fingerprint density at radius 1 is 1.36 bits per heavy atom. The highest BCUT2D eigenvalue weighted by Crippen LogP contribution is 2.12. The van der Waals surface area contributed by atoms with Gasteiger partial charge in [0.05, 0.1) is 12.4 Å². The molecule has 1 rings (SSSR count). The summed E-state index contributed by atoms with van der Waals surface area (Å²) in [5.74, 6) is -2.10. The van der Waals surface area contributed by atoms with Crippen LogP contribution in [-0.2, 0) is 0 Å². The van der Waals surface area contributed by atoms with E-state index in [0.29, 0.717) is 0 Å². The maximum Gasteiger partial charge on any atom is 0.258 e. The third-order valence-electron chi connectivity index (χ3n) is 1.05. The first-order valence-electron chi connectivity index (χ1n) is 2.61. The van der Waals surface area contributed by atoms with Crippen molar-refractivity contribution < 1.29 is 13.6 Å². The summed E-state index contributed by atoms with van der Waals surface area (Å²) >= 11 is 4.87. The summed E-state index contributed by atoms with van der Waals surface area (Å²) in [6, 6.07) is 0. The first-order valence-corrected chi connectivity index (χ1v) is 2.99. The highest BCUT2D eigenvalue weighted by Gasteiger charge is 2.14. The lowest BCUT2D eigenvalue weighted by molar-refractivity contribution is 0.107. The molecule has 0 fully saturated rings. The topological polar surface area (TPSA) is 30.0 Å². The molecule has 0 aliphatic rings. The third kappa shape index (κ3) is 1.51. The summed E-state index contributed by atoms with van der Waals surface area (Å²) in [6.07, 6.45) is 1.44. The predicted octanol–water partition coefficient (Wildman–Crippen LogP) is 1.74. The average molecular weight is 178 g/mol. The van der Waals surface area contributed by atoms with Crippen molar-refractivity contribution in [3.8, 4) is 0 Å². The second-order valence-corrected chi connectivity index (χ2v) is 2.10. The molecule has 5 heteroatoms. The summed E-state index contributed by atoms with van der Waals surface area (Å²) in [4.78, 5) is 13.5. The van der Waals surface area contributed by atoms with Gasteiger partial charge in [0.1, 0.15) is 5.56 Å². The van der Waals surface area contributed by atoms with E-state index in [1.165, 1.54) is 0 Å². The number of carbonyl (C=O) groups excluding carboxylic acids is 1. The van der Waals surface area contributed by atoms with Gasteiger partial charge in [0.15, 0.2) is 11.6 Å². The minimum atomic E-state index is -1.16. The van der Waals surface area contributed by atoms with Crippen LogP contribution in [0.3, 0.4) is 0 Å². The standard InChI is InChI=1S/C6H2ClF2NO/c7-6(11)5-3(8)1-10-2-4(5)9/h1-2H. The van der Waals surface area contributed by atoms with E-state index < -0.39 is 22.4 Å². The molecule has 0 bridgehead atoms. The molecule has 0 unspecified atom stereocenters. The molecule has 0 atom stereocenters. The maximum atomic E-state index is 12.5. The molecule has 0 amide bonds. The lowest BCUT2D eigenvalue weighted by Crippen LogP contribution is -1.99. The molecule has 0 aliphatic carbocycles. The van der Waals surface area contributed by atoms with E-state index in [0.717, 1.165) is 12.4 Å². The van der Waals surface area contributed by atoms with E-state index in [4.69, 9.17) is 11.6 Å². The monoisotopic (exact) mass is 177 g/mol. The first kappa shape index (κ1) is 8.07. The second kappa shape index (κ2) is 2.92. The Bertz CT molecular complexity index is 282. The van der Waals surface area contributed by atoms with Gasteiger partial charge in [0, 0.05) is 0 Å². The number of hydrogen-bond donors (Lipinski definition) is 0. The molecular weight excluding hydrogens is 176 g/mol. The largest absolute Gasteiger partial charge is 0.275 e. The van der Waals surface area contributed by atoms with Crippen molar-refractivity contribution in [2.75, 3.05) is 0 Å². The molecule has 0 saturated heterocycles. The Balaban J connectivity index is 3.32. The van der Waals surface area contributed by atoms with Crippen molar-refractivity contribution in [2.24, 2.45) is 0 Å². The number of pyridine rings is 1. The summed E-state index contributed by atoms with van der Waals surface area (Å²) in [7, 11) is 0. The molecule has 11 heavy (non-hydrogen) atoms. The molecule has 0 aliphatic heterocycles. The number of aromatic nitrogens is 1. The van der Waals surface area contributed by atoms with Crippen molar-refractivity contribution in [1.82, 2.24) is 4.98 Å². The lowest BCUT2D eigenvalue weighted by atomic mass is 10.3. The third-order valence-corrected chi connectivity index (χ3v) is 1.24. The highest BCUT2D eigenvalue weighted by molar-refractivity contribution is 6.67. The van der Waals surface area contributed by atoms with Gasteiger partial charge in [-0.2, -0.15) is 0 Å². The van der Waals surface area contributed by atoms with Gasteiger partial charge in [-0.05, 0) is 11.6 Å². The van der Waals surface area contributed by atoms with Gasteiger partial charge in [0.2, 0.25) is 0 Å². The van der Waals surface area contributed by atoms with Crippen LogP contribution in [0.5, 0.6) is 0 Å². The molecule has 0 N–H and O–H groups in total. The van der Waals surface area contributed by atoms with E-state index in [2.05, 4.69) is 4.98 Å². The zero-order chi connectivity index (χ0) is 8.43. The smallest absolute Gasteiger partial charge is 0.258 e. The fourth-order valence-corrected chi connectivity index (χ4v) is 0.780. The number of rotatable bonds is 1. The van der Waals surface area contributed by atoms with E-state index >= 15 is 0 Å². The SMILES string of the molecule is O=C(Cl)c1c(F)cncc1F. The molecule has 0 saturated carbocycles. The van der Waals surface area contributed by atoms with Gasteiger partial charge >= 0.3 is 0 Å². The van der Waals surface area contributed by atoms with Crippen LogP contribution >= 0.6 is 11.6 Å². The van der Waals surface area contributed by atoms with Gasteiger partial charge in [0.25, 0.3) is 5.24 Å². The van der Waals surface area contributed by atoms with Gasteiger partial charge < -0.3 is 0 Å². The fraction of sp³-hybridized carbons (Fsp3) is 0. The van der Waals surface area contributed by atoms with Crippen molar-refractivity contribution in [1.29, 1.82) is 0 Å². The van der Waals surface area contributed by atoms with Crippen molar-refractivity contribution in [3.05, 3.63) is 29.6 Å². The molecule has 58 valence electrons. The molecule has 0 aromatic carbocycles. The molecule has 1 heterocycles. The van der Waals surface area contributed by atoms with Gasteiger partial charge in [-0.1, -0.05) is 0 Å². The minimum absolute atomic E-state index is 0.721. The molecular formula is C6H2ClF2NO. The van der Waals surface area contributed by atoms with Crippen molar-refractivity contribution in [3.63, 3.8) is 0 Å². The van der Waals surface area contributed by atoms with E-state index in [9.17, 15) is 13.6 Å². The Morgan fingerprint density at radius 2 is 1.82 bits per heavy atom. The first-order chi connectivity index (χ1) is 5.13. The number of hydrogen-bond acceptors (Lipinski definition) is 2. The maximum absolute atomic E-state index is 12.5. The molecule has 0 radical (unpaired) electrons. The van der Waals surface area contributed by atoms with Crippen LogP contribution in [0.2, 0.25) is 0 Å². The van der Waals surface area contributed by atoms with Crippen LogP contribution in [0, 0.1) is 11.6 Å². The number of nitrogens with zero attached hydrogens (tertiary/aromatic N) is 1. The van der Waals surface area contributed by atoms with E-state index in [1.54, 1.807) is 0 Å². The molecule has 2 nitrogen and oxygen atoms in total. The number of halogens is 3.